The van der Waals surface area contributed by atoms with E-state index >= 15 is 8.78 Å². The van der Waals surface area contributed by atoms with Gasteiger partial charge < -0.3 is 40.2 Å². The van der Waals surface area contributed by atoms with Crippen LogP contribution < -0.4 is 26.3 Å². The van der Waals surface area contributed by atoms with Crippen molar-refractivity contribution in [3.63, 3.8) is 0 Å². The number of fused-ring (bicyclic) bond motifs is 2. The number of aliphatic hydroxyl groups excluding tert-OH is 1. The van der Waals surface area contributed by atoms with Crippen molar-refractivity contribution < 1.29 is 69.2 Å². The van der Waals surface area contributed by atoms with Gasteiger partial charge >= 0.3 is 18.4 Å². The molecule has 0 aliphatic carbocycles. The van der Waals surface area contributed by atoms with Crippen molar-refractivity contribution in [2.75, 3.05) is 51.9 Å². The van der Waals surface area contributed by atoms with E-state index in [0.29, 0.717) is 54.6 Å². The lowest BCUT2D eigenvalue weighted by molar-refractivity contribution is -0.220. The molecule has 0 unspecified atom stereocenters. The van der Waals surface area contributed by atoms with Gasteiger partial charge in [-0.05, 0) is 69.0 Å². The maximum Gasteiger partial charge on any atom is 0.407 e. The number of methoxy groups -OCH3 is 1. The van der Waals surface area contributed by atoms with Crippen LogP contribution in [0.1, 0.15) is 69.7 Å². The fraction of sp³-hybridized carbons (Fsp3) is 0.528. The Balaban J connectivity index is 1.16. The number of aliphatic hydroxyl groups is 1. The Kier molecular flexibility index (Phi) is 18.8. The second-order valence-corrected chi connectivity index (χ2v) is 21.3. The largest absolute Gasteiger partial charge is 0.453 e. The smallest absolute Gasteiger partial charge is 0.407 e. The minimum absolute atomic E-state index is 0.0522. The van der Waals surface area contributed by atoms with Gasteiger partial charge in [-0.3, -0.25) is 24.6 Å². The van der Waals surface area contributed by atoms with Gasteiger partial charge in [-0.15, -0.1) is 0 Å². The van der Waals surface area contributed by atoms with E-state index < -0.39 is 109 Å². The average molecular weight is 1120 g/mol. The molecular weight excluding hydrogens is 1050 g/mol. The van der Waals surface area contributed by atoms with E-state index in [0.717, 1.165) is 68.1 Å². The summed E-state index contributed by atoms with van der Waals surface area (Å²) in [6.45, 7) is 6.65. The van der Waals surface area contributed by atoms with Gasteiger partial charge in [0.2, 0.25) is 11.9 Å². The topological polar surface area (TPSA) is 218 Å². The molecule has 0 radical (unpaired) electrons. The molecule has 0 spiro atoms. The third-order valence-electron chi connectivity index (χ3n) is 14.1. The van der Waals surface area contributed by atoms with Gasteiger partial charge in [0.25, 0.3) is 12.3 Å². The van der Waals surface area contributed by atoms with E-state index in [1.807, 2.05) is 5.32 Å². The monoisotopic (exact) mass is 1120 g/mol. The van der Waals surface area contributed by atoms with Crippen LogP contribution >= 0.6 is 0 Å². The molecule has 7 rings (SSSR count). The Bertz CT molecular complexity index is 2820. The van der Waals surface area contributed by atoms with Crippen molar-refractivity contribution in [3.8, 4) is 23.1 Å². The highest BCUT2D eigenvalue weighted by Crippen LogP contribution is 2.41. The number of anilines is 1. The number of nitrogens with one attached hydrogen (secondary N) is 4. The number of hydrogen-bond acceptors (Lipinski definition) is 14. The summed E-state index contributed by atoms with van der Waals surface area (Å²) in [7, 11) is 2.12. The van der Waals surface area contributed by atoms with Crippen LogP contribution in [-0.4, -0.2) is 161 Å². The molecule has 19 nitrogen and oxygen atoms in total. The maximum atomic E-state index is 16.1. The predicted octanol–water partition coefficient (Wildman–Crippen LogP) is 5.34. The number of amides is 4. The van der Waals surface area contributed by atoms with Crippen LogP contribution in [0.2, 0.25) is 0 Å². The van der Waals surface area contributed by atoms with Crippen LogP contribution in [0.15, 0.2) is 61.1 Å². The normalized spacial score (nSPS) is 18.4. The maximum absolute atomic E-state index is 16.1. The highest BCUT2D eigenvalue weighted by molar-refractivity contribution is 5.87. The van der Waals surface area contributed by atoms with E-state index in [4.69, 9.17) is 9.47 Å². The van der Waals surface area contributed by atoms with E-state index in [1.54, 1.807) is 57.4 Å². The standard InChI is InChI=1S/C53H64F7N11O8/c1-51(2,3)45(79-49(75)61-6)47(74)67-70(25-37-38(54)19-33(20-39(37)55)40-16-17-69(66-40)27-43(56)57)26-42(72)41(64-46(73)44(65-50(76)77-7)52(4,5)53(58,59)60)18-31-11-8-30(9-12-31)10-13-32-21-62-48(63-22-32)68-23-34-14-15-35(24-68)71(34)36-28-78-29-36/h8-9,11-12,16-17,19-22,34-36,41-45,72H,14-15,18,23-29H2,1-7H3,(H,61,75)(H,64,73)(H,65,76)(H,67,74)/t34-,35-,41-,42-,44+,45+/m0/s1. The fourth-order valence-corrected chi connectivity index (χ4v) is 9.58. The second kappa shape index (κ2) is 24.9. The van der Waals surface area contributed by atoms with E-state index in [-0.39, 0.29) is 17.7 Å². The number of benzene rings is 2. The fourth-order valence-electron chi connectivity index (χ4n) is 9.58. The van der Waals surface area contributed by atoms with Crippen molar-refractivity contribution in [2.24, 2.45) is 10.8 Å². The number of carbonyl (C=O) groups is 4. The lowest BCUT2D eigenvalue weighted by Gasteiger charge is -2.47. The number of nitrogens with zero attached hydrogens (tertiary/aromatic N) is 7. The Hall–Kier alpha value is -7.08. The summed E-state index contributed by atoms with van der Waals surface area (Å²) < 4.78 is 118. The molecule has 2 aromatic heterocycles. The molecule has 2 aromatic carbocycles. The Morgan fingerprint density at radius 3 is 2.04 bits per heavy atom. The average Bonchev–Trinajstić information content (AvgIpc) is 4.10. The third-order valence-corrected chi connectivity index (χ3v) is 14.1. The molecule has 3 fully saturated rings. The van der Waals surface area contributed by atoms with Gasteiger partial charge in [0.15, 0.2) is 6.10 Å². The Morgan fingerprint density at radius 2 is 1.49 bits per heavy atom. The molecule has 2 bridgehead atoms. The van der Waals surface area contributed by atoms with Crippen molar-refractivity contribution in [1.29, 1.82) is 0 Å². The van der Waals surface area contributed by atoms with Crippen LogP contribution in [0.4, 0.5) is 46.3 Å². The first-order valence-corrected chi connectivity index (χ1v) is 25.4. The van der Waals surface area contributed by atoms with Gasteiger partial charge in [-0.1, -0.05) is 44.7 Å². The van der Waals surface area contributed by atoms with Crippen LogP contribution in [0.25, 0.3) is 11.3 Å². The molecule has 26 heteroatoms. The number of aromatic nitrogens is 4. The molecular formula is C53H64F7N11O8. The van der Waals surface area contributed by atoms with Crippen molar-refractivity contribution >= 4 is 29.9 Å². The number of hydrogen-bond donors (Lipinski definition) is 5. The number of halogens is 7. The second-order valence-electron chi connectivity index (χ2n) is 21.3. The summed E-state index contributed by atoms with van der Waals surface area (Å²) in [5.41, 5.74) is -1.08. The summed E-state index contributed by atoms with van der Waals surface area (Å²) in [4.78, 5) is 67.0. The molecule has 6 atom stereocenters. The van der Waals surface area contributed by atoms with Crippen molar-refractivity contribution in [1.82, 2.24) is 51.0 Å². The van der Waals surface area contributed by atoms with Crippen molar-refractivity contribution in [3.05, 3.63) is 94.9 Å². The minimum atomic E-state index is -5.09. The number of hydrazine groups is 1. The summed E-state index contributed by atoms with van der Waals surface area (Å²) in [6.07, 6.45) is -7.43. The molecule has 4 amide bonds. The molecule has 5 heterocycles. The number of alkyl carbamates (subject to hydrolysis) is 2. The summed E-state index contributed by atoms with van der Waals surface area (Å²) in [5, 5.41) is 23.5. The van der Waals surface area contributed by atoms with Gasteiger partial charge in [0.1, 0.15) is 24.2 Å². The van der Waals surface area contributed by atoms with Gasteiger partial charge in [0.05, 0.1) is 55.2 Å². The van der Waals surface area contributed by atoms with E-state index in [9.17, 15) is 46.2 Å². The quantitative estimate of drug-likeness (QED) is 0.0455. The van der Waals surface area contributed by atoms with E-state index in [1.165, 1.54) is 19.3 Å². The zero-order chi connectivity index (χ0) is 57.6. The molecule has 3 aliphatic heterocycles. The Labute approximate surface area is 451 Å². The highest BCUT2D eigenvalue weighted by Gasteiger charge is 2.56. The first kappa shape index (κ1) is 59.6. The first-order chi connectivity index (χ1) is 37.2. The highest BCUT2D eigenvalue weighted by atomic mass is 19.4. The molecule has 79 heavy (non-hydrogen) atoms. The SMILES string of the molecule is CNC(=O)O[C@H](C(=O)NN(Cc1c(F)cc(-c2ccn(CC(F)F)n2)cc1F)C[C@H](O)[C@H](Cc1ccc(C#Cc2cnc(N3C[C@@H]4CC[C@@H](C3)N4C3COC3)nc2)cc1)NC(=O)[C@@H](NC(=O)OC)C(C)(C)C(F)(F)F)C(C)(C)C. The molecule has 3 aliphatic rings. The number of carbonyl (C=O) groups excluding carboxylic acids is 4. The summed E-state index contributed by atoms with van der Waals surface area (Å²) >= 11 is 0. The lowest BCUT2D eigenvalue weighted by Crippen LogP contribution is -2.62. The molecule has 3 saturated heterocycles. The molecule has 4 aromatic rings. The van der Waals surface area contributed by atoms with Crippen LogP contribution in [0, 0.1) is 34.3 Å². The summed E-state index contributed by atoms with van der Waals surface area (Å²) in [6, 6.07) is 6.72. The van der Waals surface area contributed by atoms with Crippen LogP contribution in [0.3, 0.4) is 0 Å². The Morgan fingerprint density at radius 1 is 0.873 bits per heavy atom. The lowest BCUT2D eigenvalue weighted by atomic mass is 9.82. The number of rotatable bonds is 19. The first-order valence-electron chi connectivity index (χ1n) is 25.4. The van der Waals surface area contributed by atoms with Crippen molar-refractivity contribution in [2.45, 2.75) is 122 Å². The predicted molar refractivity (Wildman–Crippen MR) is 272 cm³/mol. The van der Waals surface area contributed by atoms with Gasteiger partial charge in [-0.25, -0.2) is 42.1 Å². The zero-order valence-corrected chi connectivity index (χ0v) is 44.5. The minimum Gasteiger partial charge on any atom is -0.453 e. The zero-order valence-electron chi connectivity index (χ0n) is 44.5. The number of piperazine rings is 1. The summed E-state index contributed by atoms with van der Waals surface area (Å²) in [5.74, 6) is 1.80. The van der Waals surface area contributed by atoms with Gasteiger partial charge in [-0.2, -0.15) is 18.3 Å². The van der Waals surface area contributed by atoms with Crippen LogP contribution in [0.5, 0.6) is 0 Å². The molecule has 0 saturated carbocycles. The molecule has 428 valence electrons. The van der Waals surface area contributed by atoms with Gasteiger partial charge in [0, 0.05) is 86.0 Å². The molecule has 5 N–H and O–H groups in total. The third kappa shape index (κ3) is 14.8. The number of ether oxygens (including phenoxy) is 3. The van der Waals surface area contributed by atoms with E-state index in [2.05, 4.69) is 57.5 Å². The van der Waals surface area contributed by atoms with Crippen LogP contribution in [-0.2, 0) is 43.3 Å². The number of alkyl halides is 5.